The molecule has 0 aromatic heterocycles. The van der Waals surface area contributed by atoms with Crippen molar-refractivity contribution in [1.29, 1.82) is 0 Å². The van der Waals surface area contributed by atoms with Crippen molar-refractivity contribution in [1.82, 2.24) is 0 Å². The second-order valence-corrected chi connectivity index (χ2v) is 3.78. The molecule has 0 bridgehead atoms. The predicted octanol–water partition coefficient (Wildman–Crippen LogP) is 3.20. The van der Waals surface area contributed by atoms with Crippen LogP contribution in [0.2, 0.25) is 0 Å². The molecule has 78 valence electrons. The largest absolute Gasteiger partial charge is 0.396 e. The SMILES string of the molecule is CCC(CC)C(CO)c1ccccc1. The fourth-order valence-electron chi connectivity index (χ4n) is 2.08. The molecule has 0 aliphatic carbocycles. The molecular formula is C13H20O. The molecule has 1 rings (SSSR count). The van der Waals surface area contributed by atoms with Crippen LogP contribution in [-0.4, -0.2) is 11.7 Å². The van der Waals surface area contributed by atoms with Gasteiger partial charge in [0.05, 0.1) is 6.61 Å². The van der Waals surface area contributed by atoms with Gasteiger partial charge in [-0.15, -0.1) is 0 Å². The first-order chi connectivity index (χ1) is 6.83. The first kappa shape index (κ1) is 11.3. The van der Waals surface area contributed by atoms with E-state index in [-0.39, 0.29) is 6.61 Å². The van der Waals surface area contributed by atoms with Gasteiger partial charge in [0.1, 0.15) is 0 Å². The molecule has 0 heterocycles. The third kappa shape index (κ3) is 2.58. The Bertz CT molecular complexity index is 239. The Kier molecular flexibility index (Phi) is 4.68. The molecule has 14 heavy (non-hydrogen) atoms. The van der Waals surface area contributed by atoms with Crippen molar-refractivity contribution in [2.24, 2.45) is 5.92 Å². The zero-order valence-electron chi connectivity index (χ0n) is 9.11. The van der Waals surface area contributed by atoms with E-state index >= 15 is 0 Å². The second kappa shape index (κ2) is 5.82. The Morgan fingerprint density at radius 1 is 1.07 bits per heavy atom. The van der Waals surface area contributed by atoms with Gasteiger partial charge in [0.2, 0.25) is 0 Å². The predicted molar refractivity (Wildman–Crippen MR) is 60.3 cm³/mol. The molecule has 0 saturated carbocycles. The molecule has 0 radical (unpaired) electrons. The maximum absolute atomic E-state index is 9.41. The average molecular weight is 192 g/mol. The maximum atomic E-state index is 9.41. The molecule has 1 nitrogen and oxygen atoms in total. The van der Waals surface area contributed by atoms with E-state index in [4.69, 9.17) is 0 Å². The van der Waals surface area contributed by atoms with E-state index in [9.17, 15) is 5.11 Å². The van der Waals surface area contributed by atoms with Gasteiger partial charge in [0.15, 0.2) is 0 Å². The van der Waals surface area contributed by atoms with Gasteiger partial charge in [-0.05, 0) is 11.5 Å². The minimum absolute atomic E-state index is 0.260. The van der Waals surface area contributed by atoms with E-state index in [1.807, 2.05) is 18.2 Å². The summed E-state index contributed by atoms with van der Waals surface area (Å²) in [6.45, 7) is 4.65. The van der Waals surface area contributed by atoms with Crippen LogP contribution in [0.5, 0.6) is 0 Å². The van der Waals surface area contributed by atoms with Crippen molar-refractivity contribution in [2.45, 2.75) is 32.6 Å². The number of rotatable bonds is 5. The first-order valence-electron chi connectivity index (χ1n) is 5.49. The van der Waals surface area contributed by atoms with Gasteiger partial charge in [-0.1, -0.05) is 57.0 Å². The molecule has 0 fully saturated rings. The van der Waals surface area contributed by atoms with Crippen LogP contribution in [0.25, 0.3) is 0 Å². The lowest BCUT2D eigenvalue weighted by atomic mass is 9.83. The van der Waals surface area contributed by atoms with Crippen LogP contribution in [0, 0.1) is 5.92 Å². The molecule has 1 heteroatoms. The minimum Gasteiger partial charge on any atom is -0.396 e. The Morgan fingerprint density at radius 3 is 2.07 bits per heavy atom. The first-order valence-corrected chi connectivity index (χ1v) is 5.49. The monoisotopic (exact) mass is 192 g/mol. The highest BCUT2D eigenvalue weighted by molar-refractivity contribution is 5.20. The topological polar surface area (TPSA) is 20.2 Å². The second-order valence-electron chi connectivity index (χ2n) is 3.78. The molecule has 0 aliphatic heterocycles. The minimum atomic E-state index is 0.260. The fourth-order valence-corrected chi connectivity index (χ4v) is 2.08. The van der Waals surface area contributed by atoms with Gasteiger partial charge in [0, 0.05) is 5.92 Å². The smallest absolute Gasteiger partial charge is 0.0502 e. The molecule has 1 aromatic carbocycles. The Labute approximate surface area is 86.8 Å². The summed E-state index contributed by atoms with van der Waals surface area (Å²) in [4.78, 5) is 0. The highest BCUT2D eigenvalue weighted by atomic mass is 16.3. The lowest BCUT2D eigenvalue weighted by molar-refractivity contribution is 0.218. The van der Waals surface area contributed by atoms with E-state index in [2.05, 4.69) is 26.0 Å². The van der Waals surface area contributed by atoms with Gasteiger partial charge in [-0.2, -0.15) is 0 Å². The summed E-state index contributed by atoms with van der Waals surface area (Å²) in [5.41, 5.74) is 1.27. The normalized spacial score (nSPS) is 13.1. The van der Waals surface area contributed by atoms with Crippen LogP contribution in [0.4, 0.5) is 0 Å². The summed E-state index contributed by atoms with van der Waals surface area (Å²) >= 11 is 0. The summed E-state index contributed by atoms with van der Waals surface area (Å²) in [5.74, 6) is 0.911. The number of hydrogen-bond acceptors (Lipinski definition) is 1. The molecule has 0 saturated heterocycles. The van der Waals surface area contributed by atoms with Crippen LogP contribution in [0.15, 0.2) is 30.3 Å². The summed E-state index contributed by atoms with van der Waals surface area (Å²) in [6.07, 6.45) is 2.27. The fraction of sp³-hybridized carbons (Fsp3) is 0.538. The van der Waals surface area contributed by atoms with Crippen LogP contribution >= 0.6 is 0 Å². The van der Waals surface area contributed by atoms with E-state index in [0.29, 0.717) is 11.8 Å². The third-order valence-electron chi connectivity index (χ3n) is 3.04. The molecule has 1 unspecified atom stereocenters. The molecule has 0 spiro atoms. The van der Waals surface area contributed by atoms with Crippen LogP contribution in [-0.2, 0) is 0 Å². The third-order valence-corrected chi connectivity index (χ3v) is 3.04. The molecule has 0 amide bonds. The lowest BCUT2D eigenvalue weighted by Gasteiger charge is -2.23. The van der Waals surface area contributed by atoms with Crippen molar-refractivity contribution in [3.05, 3.63) is 35.9 Å². The summed E-state index contributed by atoms with van der Waals surface area (Å²) < 4.78 is 0. The van der Waals surface area contributed by atoms with Crippen molar-refractivity contribution in [2.75, 3.05) is 6.61 Å². The van der Waals surface area contributed by atoms with E-state index in [1.165, 1.54) is 5.56 Å². The molecule has 1 N–H and O–H groups in total. The summed E-state index contributed by atoms with van der Waals surface area (Å²) in [7, 11) is 0. The van der Waals surface area contributed by atoms with Gasteiger partial charge >= 0.3 is 0 Å². The van der Waals surface area contributed by atoms with Crippen LogP contribution in [0.3, 0.4) is 0 Å². The molecule has 0 aliphatic rings. The van der Waals surface area contributed by atoms with Crippen LogP contribution in [0.1, 0.15) is 38.2 Å². The van der Waals surface area contributed by atoms with E-state index in [1.54, 1.807) is 0 Å². The quantitative estimate of drug-likeness (QED) is 0.759. The summed E-state index contributed by atoms with van der Waals surface area (Å²) in [6, 6.07) is 10.3. The zero-order valence-corrected chi connectivity index (χ0v) is 9.11. The van der Waals surface area contributed by atoms with Crippen molar-refractivity contribution < 1.29 is 5.11 Å². The highest BCUT2D eigenvalue weighted by Gasteiger charge is 2.18. The highest BCUT2D eigenvalue weighted by Crippen LogP contribution is 2.28. The standard InChI is InChI=1S/C13H20O/c1-3-11(4-2)13(10-14)12-8-6-5-7-9-12/h5-9,11,13-14H,3-4,10H2,1-2H3. The van der Waals surface area contributed by atoms with Crippen molar-refractivity contribution in [3.8, 4) is 0 Å². The molecule has 1 atom stereocenters. The summed E-state index contributed by atoms with van der Waals surface area (Å²) in [5, 5.41) is 9.41. The number of aliphatic hydroxyl groups excluding tert-OH is 1. The Balaban J connectivity index is 2.81. The van der Waals surface area contributed by atoms with Crippen molar-refractivity contribution >= 4 is 0 Å². The number of benzene rings is 1. The lowest BCUT2D eigenvalue weighted by Crippen LogP contribution is -2.15. The van der Waals surface area contributed by atoms with Crippen LogP contribution < -0.4 is 0 Å². The number of aliphatic hydroxyl groups is 1. The van der Waals surface area contributed by atoms with Gasteiger partial charge in [0.25, 0.3) is 0 Å². The molecular weight excluding hydrogens is 172 g/mol. The van der Waals surface area contributed by atoms with Gasteiger partial charge in [-0.25, -0.2) is 0 Å². The average Bonchev–Trinajstić information content (AvgIpc) is 2.27. The molecule has 1 aromatic rings. The van der Waals surface area contributed by atoms with Crippen molar-refractivity contribution in [3.63, 3.8) is 0 Å². The number of hydrogen-bond donors (Lipinski definition) is 1. The van der Waals surface area contributed by atoms with Gasteiger partial charge in [-0.3, -0.25) is 0 Å². The van der Waals surface area contributed by atoms with E-state index < -0.39 is 0 Å². The Hall–Kier alpha value is -0.820. The van der Waals surface area contributed by atoms with Gasteiger partial charge < -0.3 is 5.11 Å². The van der Waals surface area contributed by atoms with E-state index in [0.717, 1.165) is 12.8 Å². The Morgan fingerprint density at radius 2 is 1.64 bits per heavy atom. The maximum Gasteiger partial charge on any atom is 0.0502 e. The zero-order chi connectivity index (χ0) is 10.4.